The van der Waals surface area contributed by atoms with Gasteiger partial charge in [0.2, 0.25) is 17.1 Å². The van der Waals surface area contributed by atoms with Crippen molar-refractivity contribution < 1.29 is 117 Å². The van der Waals surface area contributed by atoms with Gasteiger partial charge in [0.1, 0.15) is 17.3 Å². The summed E-state index contributed by atoms with van der Waals surface area (Å²) in [7, 11) is 0. The van der Waals surface area contributed by atoms with Crippen LogP contribution in [0.5, 0.6) is 0 Å². The molecule has 0 bridgehead atoms. The molecule has 663 valence electrons. The van der Waals surface area contributed by atoms with Gasteiger partial charge in [-0.15, -0.1) is 54.6 Å². The molecule has 128 heavy (non-hydrogen) atoms. The molecule has 12 aromatic heterocycles. The Kier molecular flexibility index (Phi) is 31.6. The molecule has 18 aromatic rings. The molecule has 0 aliphatic heterocycles. The second-order valence-electron chi connectivity index (χ2n) is 34.5. The number of nitrogens with zero attached hydrogens (tertiary/aromatic N) is 6. The van der Waals surface area contributed by atoms with E-state index in [-0.39, 0.29) is 106 Å². The molecular formula is C107H103Ir3N6O12-3. The van der Waals surface area contributed by atoms with Gasteiger partial charge < -0.3 is 56.8 Å². The fraction of sp³-hybridized carbons (Fsp3) is 0.243. The first-order chi connectivity index (χ1) is 59.3. The van der Waals surface area contributed by atoms with Crippen molar-refractivity contribution >= 4 is 116 Å². The topological polar surface area (TPSA) is 268 Å². The summed E-state index contributed by atoms with van der Waals surface area (Å²) < 4.78 is 37.3. The number of hydrogen-bond acceptors (Lipinski definition) is 18. The summed E-state index contributed by atoms with van der Waals surface area (Å²) >= 11 is 0. The maximum absolute atomic E-state index is 10.0. The van der Waals surface area contributed by atoms with Gasteiger partial charge in [-0.25, -0.2) is 15.0 Å². The van der Waals surface area contributed by atoms with Crippen molar-refractivity contribution in [2.24, 2.45) is 0 Å². The van der Waals surface area contributed by atoms with Crippen LogP contribution in [0.2, 0.25) is 0 Å². The van der Waals surface area contributed by atoms with Crippen LogP contribution in [0.25, 0.3) is 167 Å². The number of aromatic nitrogens is 6. The molecule has 0 amide bonds. The Morgan fingerprint density at radius 2 is 0.688 bits per heavy atom. The molecule has 21 heteroatoms. The number of aryl methyl sites for hydroxylation is 3. The van der Waals surface area contributed by atoms with Crippen LogP contribution >= 0.6 is 0 Å². The van der Waals surface area contributed by atoms with E-state index < -0.39 is 0 Å². The molecule has 12 heterocycles. The molecule has 0 saturated heterocycles. The Morgan fingerprint density at radius 3 is 0.984 bits per heavy atom. The van der Waals surface area contributed by atoms with Crippen molar-refractivity contribution in [1.82, 2.24) is 29.9 Å². The number of carbonyl (C=O) groups excluding carboxylic acids is 3. The number of fused-ring (bicyclic) bond motifs is 12. The van der Waals surface area contributed by atoms with Gasteiger partial charge in [-0.1, -0.05) is 183 Å². The fourth-order valence-corrected chi connectivity index (χ4v) is 14.8. The van der Waals surface area contributed by atoms with Crippen LogP contribution < -0.4 is 0 Å². The molecule has 0 aliphatic rings. The van der Waals surface area contributed by atoms with Gasteiger partial charge in [0.05, 0.1) is 52.6 Å². The number of benzene rings is 6. The second kappa shape index (κ2) is 41.3. The van der Waals surface area contributed by atoms with Crippen molar-refractivity contribution in [2.45, 2.75) is 174 Å². The normalized spacial score (nSPS) is 11.8. The molecular weight excluding hydrogens is 2140 g/mol. The second-order valence-corrected chi connectivity index (χ2v) is 34.5. The van der Waals surface area contributed by atoms with Gasteiger partial charge in [0, 0.05) is 145 Å². The first-order valence-corrected chi connectivity index (χ1v) is 41.7. The van der Waals surface area contributed by atoms with Gasteiger partial charge in [-0.05, 0) is 203 Å². The summed E-state index contributed by atoms with van der Waals surface area (Å²) in [5, 5.41) is 34.1. The minimum Gasteiger partial charge on any atom is -0.512 e. The maximum atomic E-state index is 10.0. The zero-order valence-corrected chi connectivity index (χ0v) is 82.7. The summed E-state index contributed by atoms with van der Waals surface area (Å²) in [5.41, 5.74) is 24.0. The SMILES string of the molecule is CC(=O)C=C(C)O.CC(=O)C=C(C)O.CC(=O)C=C(C)O.Cc1ccc2c(n1)oc1c(-c3cc4cc(-c5c(C(C)C)cccc5C(C)C)oc4cn3)[c-]ccc12.Cc1ccc2c(n1)oc1c(-c3cc4cc(-c5cc(C(C)(C)C)cc(C(C)(C)C)c5)oc4cn3)[c-]ccc12.Cc1ccc2c(n1)oc1c(-c3cc4cc(-c5ccc(C(C)C)cc5)oc4cn3)[c-]ccc12.[Ir].[Ir].[Ir]. The number of aliphatic hydroxyl groups is 3. The van der Waals surface area contributed by atoms with E-state index in [4.69, 9.17) is 51.8 Å². The van der Waals surface area contributed by atoms with E-state index in [0.717, 1.165) is 161 Å². The maximum Gasteiger partial charge on any atom is 0.216 e. The molecule has 0 fully saturated rings. The molecule has 6 aromatic carbocycles. The van der Waals surface area contributed by atoms with Crippen LogP contribution in [0.3, 0.4) is 0 Å². The minimum absolute atomic E-state index is 0. The average molecular weight is 2240 g/mol. The monoisotopic (exact) mass is 2240 g/mol. The van der Waals surface area contributed by atoms with Crippen molar-refractivity contribution in [3.8, 4) is 67.7 Å². The van der Waals surface area contributed by atoms with E-state index in [1.165, 1.54) is 93.2 Å². The van der Waals surface area contributed by atoms with Crippen molar-refractivity contribution in [2.75, 3.05) is 0 Å². The zero-order valence-electron chi connectivity index (χ0n) is 75.6. The predicted molar refractivity (Wildman–Crippen MR) is 501 cm³/mol. The van der Waals surface area contributed by atoms with Crippen molar-refractivity contribution in [1.29, 1.82) is 0 Å². The molecule has 0 spiro atoms. The number of hydrogen-bond donors (Lipinski definition) is 3. The zero-order chi connectivity index (χ0) is 89.8. The predicted octanol–water partition coefficient (Wildman–Crippen LogP) is 28.8. The Morgan fingerprint density at radius 1 is 0.367 bits per heavy atom. The molecule has 0 saturated carbocycles. The summed E-state index contributed by atoms with van der Waals surface area (Å²) in [5.74, 6) is 3.66. The van der Waals surface area contributed by atoms with Gasteiger partial charge in [-0.3, -0.25) is 14.4 Å². The number of ketones is 3. The largest absolute Gasteiger partial charge is 0.512 e. The Labute approximate surface area is 785 Å². The molecule has 3 radical (unpaired) electrons. The van der Waals surface area contributed by atoms with Gasteiger partial charge in [-0.2, -0.15) is 0 Å². The number of pyridine rings is 6. The van der Waals surface area contributed by atoms with E-state index in [2.05, 4.69) is 230 Å². The quantitative estimate of drug-likeness (QED) is 0.0583. The third kappa shape index (κ3) is 22.8. The van der Waals surface area contributed by atoms with Gasteiger partial charge >= 0.3 is 0 Å². The minimum atomic E-state index is -0.125. The number of rotatable bonds is 12. The third-order valence-corrected chi connectivity index (χ3v) is 21.0. The number of carbonyl (C=O) groups is 3. The summed E-state index contributed by atoms with van der Waals surface area (Å²) in [6, 6.07) is 68.3. The van der Waals surface area contributed by atoms with Crippen LogP contribution in [0.4, 0.5) is 0 Å². The summed E-state index contributed by atoms with van der Waals surface area (Å²) in [6.07, 6.45) is 8.87. The smallest absolute Gasteiger partial charge is 0.216 e. The van der Waals surface area contributed by atoms with Crippen LogP contribution in [0.15, 0.2) is 250 Å². The number of furan rings is 6. The molecule has 0 aliphatic carbocycles. The number of aliphatic hydroxyl groups excluding tert-OH is 3. The molecule has 3 N–H and O–H groups in total. The van der Waals surface area contributed by atoms with Crippen molar-refractivity contribution in [3.05, 3.63) is 287 Å². The van der Waals surface area contributed by atoms with E-state index >= 15 is 0 Å². The van der Waals surface area contributed by atoms with Crippen LogP contribution in [0, 0.1) is 39.0 Å². The molecule has 0 atom stereocenters. The van der Waals surface area contributed by atoms with Crippen LogP contribution in [-0.2, 0) is 85.5 Å². The molecule has 0 unspecified atom stereocenters. The number of allylic oxidation sites excluding steroid dienone is 6. The van der Waals surface area contributed by atoms with Gasteiger partial charge in [0.25, 0.3) is 0 Å². The first kappa shape index (κ1) is 98.0. The van der Waals surface area contributed by atoms with E-state index in [9.17, 15) is 14.4 Å². The van der Waals surface area contributed by atoms with Gasteiger partial charge in [0.15, 0.2) is 34.1 Å². The summed E-state index contributed by atoms with van der Waals surface area (Å²) in [4.78, 5) is 57.8. The Balaban J connectivity index is 0.000000178. The molecule has 18 nitrogen and oxygen atoms in total. The fourth-order valence-electron chi connectivity index (χ4n) is 14.8. The third-order valence-electron chi connectivity index (χ3n) is 21.0. The van der Waals surface area contributed by atoms with Crippen LogP contribution in [-0.4, -0.2) is 62.6 Å². The average Bonchev–Trinajstić information content (AvgIpc) is 1.64. The van der Waals surface area contributed by atoms with E-state index in [1.54, 1.807) is 18.6 Å². The summed E-state index contributed by atoms with van der Waals surface area (Å²) in [6.45, 7) is 41.2. The first-order valence-electron chi connectivity index (χ1n) is 41.7. The van der Waals surface area contributed by atoms with Crippen molar-refractivity contribution in [3.63, 3.8) is 0 Å². The Hall–Kier alpha value is -12.2. The van der Waals surface area contributed by atoms with Crippen LogP contribution in [0.1, 0.15) is 187 Å². The Bertz CT molecular complexity index is 7080. The van der Waals surface area contributed by atoms with E-state index in [0.29, 0.717) is 34.9 Å². The van der Waals surface area contributed by atoms with E-state index in [1.807, 2.05) is 81.4 Å². The standard InChI is InChI=1S/C33H31N2O2.C31H27N2O2.C28H21N2O2.3C5H8O2.3Ir/c1-19-11-12-25-24-9-8-10-26(30(24)37-31(25)35-19)27-15-21-16-28(36-29(21)18-34-27)20-13-22(32(2,3)4)17-23(14-20)33(5,6)7;1-17(2)21-8-6-9-22(18(3)4)29(21)27-15-20-14-26(32-16-28(20)34-27)25-11-7-10-23-24-13-12-19(5)33-31(24)35-30(23)25;1-16(2)18-8-10-19(11-9-18)25-14-20-13-24(29-15-26(20)31-25)23-6-4-5-21-22-12-7-17(3)30-28(22)32-27(21)23;3*1-4(6)3-5(2)7;;;/h8-9,11-18H,1-7H3;6-10,12-18H,1-5H3;4-5,7-16H,1-3H3;3*3,6H,1-2H3;;;/q3*-1;;;;;;. The molecule has 18 rings (SSSR count).